The van der Waals surface area contributed by atoms with Crippen LogP contribution in [0.3, 0.4) is 0 Å². The average Bonchev–Trinajstić information content (AvgIpc) is 2.87. The van der Waals surface area contributed by atoms with Crippen molar-refractivity contribution < 1.29 is 9.47 Å². The van der Waals surface area contributed by atoms with Gasteiger partial charge in [0.2, 0.25) is 6.79 Å². The Hall–Kier alpha value is -1.71. The van der Waals surface area contributed by atoms with Crippen LogP contribution in [0, 0.1) is 0 Å². The number of fused-ring (bicyclic) bond motifs is 1. The quantitative estimate of drug-likeness (QED) is 0.928. The molecule has 0 saturated carbocycles. The van der Waals surface area contributed by atoms with E-state index in [1.807, 2.05) is 30.3 Å². The standard InChI is InChI=1S/C15H14ClNO2/c16-13-7-15-14(18-10-19-15)6-12(13)9-17-8-11-4-2-1-3-5-11/h1-7,17H,8-10H2. The van der Waals surface area contributed by atoms with E-state index in [1.165, 1.54) is 5.56 Å². The van der Waals surface area contributed by atoms with Gasteiger partial charge in [0.1, 0.15) is 0 Å². The Morgan fingerprint density at radius 2 is 1.74 bits per heavy atom. The predicted molar refractivity (Wildman–Crippen MR) is 74.6 cm³/mol. The van der Waals surface area contributed by atoms with E-state index in [-0.39, 0.29) is 6.79 Å². The third-order valence-electron chi connectivity index (χ3n) is 3.03. The maximum absolute atomic E-state index is 6.21. The topological polar surface area (TPSA) is 30.5 Å². The minimum absolute atomic E-state index is 0.270. The number of hydrogen-bond acceptors (Lipinski definition) is 3. The highest BCUT2D eigenvalue weighted by atomic mass is 35.5. The summed E-state index contributed by atoms with van der Waals surface area (Å²) in [6.07, 6.45) is 0. The van der Waals surface area contributed by atoms with Crippen LogP contribution in [0.1, 0.15) is 11.1 Å². The third-order valence-corrected chi connectivity index (χ3v) is 3.38. The summed E-state index contributed by atoms with van der Waals surface area (Å²) in [5.41, 5.74) is 2.27. The number of ether oxygens (including phenoxy) is 2. The number of benzene rings is 2. The molecule has 0 aromatic heterocycles. The van der Waals surface area contributed by atoms with Gasteiger partial charge >= 0.3 is 0 Å². The van der Waals surface area contributed by atoms with E-state index < -0.39 is 0 Å². The summed E-state index contributed by atoms with van der Waals surface area (Å²) >= 11 is 6.21. The molecule has 3 nitrogen and oxygen atoms in total. The molecule has 1 aliphatic heterocycles. The molecule has 0 fully saturated rings. The van der Waals surface area contributed by atoms with Crippen LogP contribution in [0.2, 0.25) is 5.02 Å². The van der Waals surface area contributed by atoms with E-state index in [0.29, 0.717) is 11.6 Å². The zero-order chi connectivity index (χ0) is 13.1. The summed E-state index contributed by atoms with van der Waals surface area (Å²) < 4.78 is 10.6. The summed E-state index contributed by atoms with van der Waals surface area (Å²) in [5.74, 6) is 1.48. The molecule has 0 atom stereocenters. The van der Waals surface area contributed by atoms with Crippen molar-refractivity contribution in [1.82, 2.24) is 5.32 Å². The second kappa shape index (κ2) is 5.51. The zero-order valence-corrected chi connectivity index (χ0v) is 11.1. The molecule has 0 unspecified atom stereocenters. The number of hydrogen-bond donors (Lipinski definition) is 1. The Morgan fingerprint density at radius 1 is 1.00 bits per heavy atom. The lowest BCUT2D eigenvalue weighted by Gasteiger charge is -2.08. The van der Waals surface area contributed by atoms with Crippen LogP contribution in [-0.4, -0.2) is 6.79 Å². The molecule has 1 aliphatic rings. The van der Waals surface area contributed by atoms with Gasteiger partial charge in [-0.1, -0.05) is 41.9 Å². The molecule has 4 heteroatoms. The van der Waals surface area contributed by atoms with Crippen molar-refractivity contribution in [3.05, 3.63) is 58.6 Å². The molecule has 98 valence electrons. The minimum atomic E-state index is 0.270. The normalized spacial score (nSPS) is 12.7. The average molecular weight is 276 g/mol. The van der Waals surface area contributed by atoms with Crippen molar-refractivity contribution in [2.45, 2.75) is 13.1 Å². The van der Waals surface area contributed by atoms with E-state index in [4.69, 9.17) is 21.1 Å². The number of nitrogens with one attached hydrogen (secondary N) is 1. The van der Waals surface area contributed by atoms with Crippen LogP contribution >= 0.6 is 11.6 Å². The maximum Gasteiger partial charge on any atom is 0.231 e. The fraction of sp³-hybridized carbons (Fsp3) is 0.200. The Morgan fingerprint density at radius 3 is 2.53 bits per heavy atom. The van der Waals surface area contributed by atoms with Gasteiger partial charge in [0.15, 0.2) is 11.5 Å². The van der Waals surface area contributed by atoms with E-state index in [1.54, 1.807) is 0 Å². The van der Waals surface area contributed by atoms with Gasteiger partial charge in [0, 0.05) is 24.2 Å². The molecule has 0 radical (unpaired) electrons. The SMILES string of the molecule is Clc1cc2c(cc1CNCc1ccccc1)OCO2. The highest BCUT2D eigenvalue weighted by molar-refractivity contribution is 6.31. The molecule has 19 heavy (non-hydrogen) atoms. The van der Waals surface area contributed by atoms with Gasteiger partial charge < -0.3 is 14.8 Å². The van der Waals surface area contributed by atoms with Crippen molar-refractivity contribution in [3.8, 4) is 11.5 Å². The van der Waals surface area contributed by atoms with Gasteiger partial charge in [-0.25, -0.2) is 0 Å². The maximum atomic E-state index is 6.21. The Bertz CT molecular complexity index is 572. The first-order valence-electron chi connectivity index (χ1n) is 6.15. The fourth-order valence-corrected chi connectivity index (χ4v) is 2.25. The van der Waals surface area contributed by atoms with Gasteiger partial charge in [0.05, 0.1) is 0 Å². The van der Waals surface area contributed by atoms with E-state index >= 15 is 0 Å². The van der Waals surface area contributed by atoms with E-state index in [9.17, 15) is 0 Å². The number of rotatable bonds is 4. The highest BCUT2D eigenvalue weighted by Crippen LogP contribution is 2.36. The number of halogens is 1. The first-order valence-corrected chi connectivity index (χ1v) is 6.53. The second-order valence-corrected chi connectivity index (χ2v) is 4.79. The van der Waals surface area contributed by atoms with Crippen molar-refractivity contribution in [2.24, 2.45) is 0 Å². The first kappa shape index (κ1) is 12.3. The lowest BCUT2D eigenvalue weighted by molar-refractivity contribution is 0.174. The van der Waals surface area contributed by atoms with Gasteiger partial charge in [-0.05, 0) is 17.2 Å². The van der Waals surface area contributed by atoms with Crippen molar-refractivity contribution >= 4 is 11.6 Å². The van der Waals surface area contributed by atoms with Crippen molar-refractivity contribution in [1.29, 1.82) is 0 Å². The molecule has 0 saturated heterocycles. The summed E-state index contributed by atoms with van der Waals surface area (Å²) in [5, 5.41) is 4.07. The monoisotopic (exact) mass is 275 g/mol. The lowest BCUT2D eigenvalue weighted by Crippen LogP contribution is -2.12. The van der Waals surface area contributed by atoms with Crippen molar-refractivity contribution in [3.63, 3.8) is 0 Å². The van der Waals surface area contributed by atoms with Crippen LogP contribution in [0.15, 0.2) is 42.5 Å². The molecule has 0 amide bonds. The molecule has 0 spiro atoms. The molecule has 2 aromatic rings. The van der Waals surface area contributed by atoms with Crippen LogP contribution in [0.25, 0.3) is 0 Å². The largest absolute Gasteiger partial charge is 0.454 e. The molecule has 0 aliphatic carbocycles. The molecule has 1 heterocycles. The fourth-order valence-electron chi connectivity index (χ4n) is 2.03. The van der Waals surface area contributed by atoms with Gasteiger partial charge in [-0.3, -0.25) is 0 Å². The molecule has 2 aromatic carbocycles. The van der Waals surface area contributed by atoms with Gasteiger partial charge in [0.25, 0.3) is 0 Å². The van der Waals surface area contributed by atoms with Crippen molar-refractivity contribution in [2.75, 3.05) is 6.79 Å². The summed E-state index contributed by atoms with van der Waals surface area (Å²) in [4.78, 5) is 0. The molecular formula is C15H14ClNO2. The predicted octanol–water partition coefficient (Wildman–Crippen LogP) is 3.36. The summed E-state index contributed by atoms with van der Waals surface area (Å²) in [6, 6.07) is 14.0. The lowest BCUT2D eigenvalue weighted by atomic mass is 10.2. The van der Waals surface area contributed by atoms with Crippen LogP contribution < -0.4 is 14.8 Å². The minimum Gasteiger partial charge on any atom is -0.454 e. The van der Waals surface area contributed by atoms with Crippen LogP contribution in [0.5, 0.6) is 11.5 Å². The third kappa shape index (κ3) is 2.83. The van der Waals surface area contributed by atoms with E-state index in [0.717, 1.165) is 23.6 Å². The van der Waals surface area contributed by atoms with Crippen LogP contribution in [-0.2, 0) is 13.1 Å². The Balaban J connectivity index is 1.64. The van der Waals surface area contributed by atoms with Gasteiger partial charge in [-0.2, -0.15) is 0 Å². The molecule has 0 bridgehead atoms. The van der Waals surface area contributed by atoms with Gasteiger partial charge in [-0.15, -0.1) is 0 Å². The molecular weight excluding hydrogens is 262 g/mol. The highest BCUT2D eigenvalue weighted by Gasteiger charge is 2.16. The summed E-state index contributed by atoms with van der Waals surface area (Å²) in [6.45, 7) is 1.78. The molecule has 3 rings (SSSR count). The Labute approximate surface area is 117 Å². The van der Waals surface area contributed by atoms with E-state index in [2.05, 4.69) is 17.4 Å². The van der Waals surface area contributed by atoms with Crippen LogP contribution in [0.4, 0.5) is 0 Å². The zero-order valence-electron chi connectivity index (χ0n) is 10.4. The molecule has 1 N–H and O–H groups in total. The second-order valence-electron chi connectivity index (χ2n) is 4.39. The Kier molecular flexibility index (Phi) is 3.58. The summed E-state index contributed by atoms with van der Waals surface area (Å²) in [7, 11) is 0. The smallest absolute Gasteiger partial charge is 0.231 e. The first-order chi connectivity index (χ1) is 9.33.